The topological polar surface area (TPSA) is 50.2 Å². The molecular formula is C19H19FN4O. The third-order valence-electron chi connectivity index (χ3n) is 3.60. The molecule has 0 saturated heterocycles. The van der Waals surface area contributed by atoms with Crippen molar-refractivity contribution in [3.8, 4) is 5.69 Å². The minimum Gasteiger partial charge on any atom is -0.321 e. The van der Waals surface area contributed by atoms with Crippen molar-refractivity contribution >= 4 is 11.6 Å². The monoisotopic (exact) mass is 338 g/mol. The fraction of sp³-hybridized carbons (Fsp3) is 0.158. The lowest BCUT2D eigenvalue weighted by Crippen LogP contribution is -2.14. The molecule has 3 aromatic rings. The summed E-state index contributed by atoms with van der Waals surface area (Å²) < 4.78 is 15.2. The van der Waals surface area contributed by atoms with Crippen LogP contribution in [0.5, 0.6) is 0 Å². The minimum atomic E-state index is -0.394. The molecule has 3 rings (SSSR count). The molecule has 1 N–H and O–H groups in total. The van der Waals surface area contributed by atoms with E-state index in [-0.39, 0.29) is 11.6 Å². The molecule has 1 amide bonds. The Kier molecular flexibility index (Phi) is 4.90. The number of hydrogen-bond donors (Lipinski definition) is 1. The van der Waals surface area contributed by atoms with Gasteiger partial charge in [-0.3, -0.25) is 4.79 Å². The first kappa shape index (κ1) is 16.9. The zero-order valence-corrected chi connectivity index (χ0v) is 14.1. The lowest BCUT2D eigenvalue weighted by atomic mass is 10.2. The highest BCUT2D eigenvalue weighted by molar-refractivity contribution is 6.02. The highest BCUT2D eigenvalue weighted by Gasteiger charge is 2.12. The van der Waals surface area contributed by atoms with Crippen LogP contribution in [0.25, 0.3) is 5.69 Å². The highest BCUT2D eigenvalue weighted by atomic mass is 19.1. The average Bonchev–Trinajstić information content (AvgIpc) is 3.05. The SMILES string of the molecule is CN(C)Cc1cccc(NC(=O)c2ccn(-c3ccccc3F)n2)c1. The molecule has 0 bridgehead atoms. The van der Waals surface area contributed by atoms with Crippen LogP contribution in [0, 0.1) is 5.82 Å². The molecule has 0 aliphatic rings. The number of hydrogen-bond acceptors (Lipinski definition) is 3. The van der Waals surface area contributed by atoms with Crippen molar-refractivity contribution in [2.24, 2.45) is 0 Å². The van der Waals surface area contributed by atoms with Gasteiger partial charge in [0.15, 0.2) is 5.69 Å². The van der Waals surface area contributed by atoms with Gasteiger partial charge in [0.25, 0.3) is 5.91 Å². The number of aromatic nitrogens is 2. The van der Waals surface area contributed by atoms with Gasteiger partial charge < -0.3 is 10.2 Å². The number of amides is 1. The largest absolute Gasteiger partial charge is 0.321 e. The van der Waals surface area contributed by atoms with Crippen molar-refractivity contribution in [1.82, 2.24) is 14.7 Å². The lowest BCUT2D eigenvalue weighted by molar-refractivity contribution is 0.102. The maximum absolute atomic E-state index is 13.8. The molecule has 0 unspecified atom stereocenters. The van der Waals surface area contributed by atoms with Crippen molar-refractivity contribution in [2.45, 2.75) is 6.54 Å². The first-order valence-electron chi connectivity index (χ1n) is 7.88. The van der Waals surface area contributed by atoms with Crippen molar-refractivity contribution < 1.29 is 9.18 Å². The number of carbonyl (C=O) groups is 1. The predicted octanol–water partition coefficient (Wildman–Crippen LogP) is 3.33. The van der Waals surface area contributed by atoms with E-state index in [2.05, 4.69) is 15.3 Å². The lowest BCUT2D eigenvalue weighted by Gasteiger charge is -2.11. The third-order valence-corrected chi connectivity index (χ3v) is 3.60. The first-order chi connectivity index (χ1) is 12.0. The van der Waals surface area contributed by atoms with E-state index in [9.17, 15) is 9.18 Å². The summed E-state index contributed by atoms with van der Waals surface area (Å²) in [5.74, 6) is -0.731. The van der Waals surface area contributed by atoms with Crippen LogP contribution in [-0.2, 0) is 6.54 Å². The van der Waals surface area contributed by atoms with Gasteiger partial charge in [-0.25, -0.2) is 9.07 Å². The molecule has 0 fully saturated rings. The Labute approximate surface area is 145 Å². The number of anilines is 1. The van der Waals surface area contributed by atoms with E-state index in [4.69, 9.17) is 0 Å². The quantitative estimate of drug-likeness (QED) is 0.776. The number of nitrogens with zero attached hydrogens (tertiary/aromatic N) is 3. The van der Waals surface area contributed by atoms with E-state index in [1.807, 2.05) is 38.4 Å². The van der Waals surface area contributed by atoms with Crippen LogP contribution >= 0.6 is 0 Å². The Morgan fingerprint density at radius 3 is 2.72 bits per heavy atom. The maximum Gasteiger partial charge on any atom is 0.276 e. The molecule has 0 atom stereocenters. The molecule has 128 valence electrons. The molecule has 0 radical (unpaired) electrons. The van der Waals surface area contributed by atoms with E-state index in [0.717, 1.165) is 12.1 Å². The van der Waals surface area contributed by atoms with Crippen LogP contribution in [0.4, 0.5) is 10.1 Å². The standard InChI is InChI=1S/C19H19FN4O/c1-23(2)13-14-6-5-7-15(12-14)21-19(25)17-10-11-24(22-17)18-9-4-3-8-16(18)20/h3-12H,13H2,1-2H3,(H,21,25). The Bertz CT molecular complexity index is 888. The summed E-state index contributed by atoms with van der Waals surface area (Å²) in [4.78, 5) is 14.4. The Morgan fingerprint density at radius 1 is 1.16 bits per heavy atom. The number of para-hydroxylation sites is 1. The van der Waals surface area contributed by atoms with Crippen molar-refractivity contribution in [1.29, 1.82) is 0 Å². The minimum absolute atomic E-state index is 0.223. The van der Waals surface area contributed by atoms with E-state index in [0.29, 0.717) is 11.4 Å². The molecule has 0 aliphatic heterocycles. The van der Waals surface area contributed by atoms with Gasteiger partial charge in [-0.05, 0) is 50.0 Å². The van der Waals surface area contributed by atoms with Gasteiger partial charge >= 0.3 is 0 Å². The summed E-state index contributed by atoms with van der Waals surface area (Å²) in [6.07, 6.45) is 1.57. The number of benzene rings is 2. The summed E-state index contributed by atoms with van der Waals surface area (Å²) >= 11 is 0. The smallest absolute Gasteiger partial charge is 0.276 e. The fourth-order valence-corrected chi connectivity index (χ4v) is 2.52. The summed E-state index contributed by atoms with van der Waals surface area (Å²) in [6.45, 7) is 0.783. The molecular weight excluding hydrogens is 319 g/mol. The van der Waals surface area contributed by atoms with Gasteiger partial charge in [0, 0.05) is 18.4 Å². The van der Waals surface area contributed by atoms with Crippen molar-refractivity contribution in [3.63, 3.8) is 0 Å². The van der Waals surface area contributed by atoms with Crippen molar-refractivity contribution in [3.05, 3.63) is 77.9 Å². The second-order valence-corrected chi connectivity index (χ2v) is 5.99. The summed E-state index contributed by atoms with van der Waals surface area (Å²) in [7, 11) is 3.97. The second-order valence-electron chi connectivity index (χ2n) is 5.99. The van der Waals surface area contributed by atoms with Crippen molar-refractivity contribution in [2.75, 3.05) is 19.4 Å². The highest BCUT2D eigenvalue weighted by Crippen LogP contribution is 2.15. The second kappa shape index (κ2) is 7.27. The van der Waals surface area contributed by atoms with Crippen LogP contribution in [0.2, 0.25) is 0 Å². The zero-order chi connectivity index (χ0) is 17.8. The molecule has 0 aliphatic carbocycles. The molecule has 25 heavy (non-hydrogen) atoms. The van der Waals surface area contributed by atoms with Gasteiger partial charge in [0.2, 0.25) is 0 Å². The van der Waals surface area contributed by atoms with Gasteiger partial charge in [-0.1, -0.05) is 24.3 Å². The number of halogens is 1. The summed E-state index contributed by atoms with van der Waals surface area (Å²) in [5.41, 5.74) is 2.32. The van der Waals surface area contributed by atoms with Gasteiger partial charge in [-0.15, -0.1) is 0 Å². The number of rotatable bonds is 5. The van der Waals surface area contributed by atoms with Crippen LogP contribution < -0.4 is 5.32 Å². The normalized spacial score (nSPS) is 10.9. The molecule has 5 nitrogen and oxygen atoms in total. The molecule has 1 aromatic heterocycles. The molecule has 0 saturated carbocycles. The summed E-state index contributed by atoms with van der Waals surface area (Å²) in [5, 5.41) is 6.99. The van der Waals surface area contributed by atoms with E-state index in [1.54, 1.807) is 30.5 Å². The number of nitrogens with one attached hydrogen (secondary N) is 1. The Morgan fingerprint density at radius 2 is 1.96 bits per heavy atom. The Hall–Kier alpha value is -2.99. The maximum atomic E-state index is 13.8. The average molecular weight is 338 g/mol. The Balaban J connectivity index is 1.75. The predicted molar refractivity (Wildman–Crippen MR) is 95.3 cm³/mol. The van der Waals surface area contributed by atoms with E-state index < -0.39 is 5.82 Å². The van der Waals surface area contributed by atoms with Gasteiger partial charge in [0.1, 0.15) is 11.5 Å². The van der Waals surface area contributed by atoms with Crippen LogP contribution in [0.1, 0.15) is 16.1 Å². The molecule has 6 heteroatoms. The van der Waals surface area contributed by atoms with Crippen LogP contribution in [-0.4, -0.2) is 34.7 Å². The van der Waals surface area contributed by atoms with Crippen LogP contribution in [0.3, 0.4) is 0 Å². The van der Waals surface area contributed by atoms with Gasteiger partial charge in [-0.2, -0.15) is 5.10 Å². The summed E-state index contributed by atoms with van der Waals surface area (Å²) in [6, 6.07) is 15.5. The molecule has 1 heterocycles. The zero-order valence-electron chi connectivity index (χ0n) is 14.1. The fourth-order valence-electron chi connectivity index (χ4n) is 2.52. The van der Waals surface area contributed by atoms with E-state index >= 15 is 0 Å². The van der Waals surface area contributed by atoms with Gasteiger partial charge in [0.05, 0.1) is 0 Å². The number of carbonyl (C=O) groups excluding carboxylic acids is 1. The first-order valence-corrected chi connectivity index (χ1v) is 7.88. The van der Waals surface area contributed by atoms with Crippen LogP contribution in [0.15, 0.2) is 60.8 Å². The molecule has 2 aromatic carbocycles. The third kappa shape index (κ3) is 4.10. The molecule has 0 spiro atoms. The van der Waals surface area contributed by atoms with E-state index in [1.165, 1.54) is 10.7 Å².